The van der Waals surface area contributed by atoms with Gasteiger partial charge in [-0.3, -0.25) is 5.32 Å². The number of esters is 1. The van der Waals surface area contributed by atoms with Gasteiger partial charge in [0.1, 0.15) is 11.6 Å². The first kappa shape index (κ1) is 21.0. The maximum atomic E-state index is 13.8. The van der Waals surface area contributed by atoms with Gasteiger partial charge in [-0.05, 0) is 24.6 Å². The van der Waals surface area contributed by atoms with Crippen LogP contribution in [-0.2, 0) is 11.3 Å². The smallest absolute Gasteiger partial charge is 0.358 e. The number of nitrogens with zero attached hydrogens (tertiary/aromatic N) is 2. The Labute approximate surface area is 172 Å². The second-order valence-electron chi connectivity index (χ2n) is 6.30. The number of hydrogen-bond donors (Lipinski definition) is 3. The Balaban J connectivity index is 1.81. The van der Waals surface area contributed by atoms with Crippen molar-refractivity contribution in [2.45, 2.75) is 19.6 Å². The van der Waals surface area contributed by atoms with E-state index in [2.05, 4.69) is 15.7 Å². The standard InChI is InChI=1S/C21H21FN4O4/c1-2-30-20(28)17-12-19(24-21(29)23-16-11-7-6-10-15(16)22)26(25-17)13-18(27)14-8-4-3-5-9-14/h3-12,18,27H,2,13H2,1H3,(H2,23,24,29). The highest BCUT2D eigenvalue weighted by molar-refractivity contribution is 6.00. The van der Waals surface area contributed by atoms with Crippen molar-refractivity contribution in [3.63, 3.8) is 0 Å². The van der Waals surface area contributed by atoms with E-state index >= 15 is 0 Å². The van der Waals surface area contributed by atoms with Crippen LogP contribution in [0, 0.1) is 5.82 Å². The molecule has 156 valence electrons. The minimum atomic E-state index is -0.934. The fourth-order valence-corrected chi connectivity index (χ4v) is 2.74. The number of halogens is 1. The Morgan fingerprint density at radius 3 is 2.53 bits per heavy atom. The maximum absolute atomic E-state index is 13.8. The number of urea groups is 1. The van der Waals surface area contributed by atoms with Crippen LogP contribution in [-0.4, -0.2) is 33.5 Å². The summed E-state index contributed by atoms with van der Waals surface area (Å²) in [5.74, 6) is -1.11. The third-order valence-electron chi connectivity index (χ3n) is 4.16. The molecule has 0 fully saturated rings. The lowest BCUT2D eigenvalue weighted by molar-refractivity contribution is 0.0517. The summed E-state index contributed by atoms with van der Waals surface area (Å²) in [5.41, 5.74) is 0.613. The lowest BCUT2D eigenvalue weighted by Gasteiger charge is -2.14. The Morgan fingerprint density at radius 2 is 1.83 bits per heavy atom. The van der Waals surface area contributed by atoms with Crippen molar-refractivity contribution >= 4 is 23.5 Å². The van der Waals surface area contributed by atoms with Crippen LogP contribution in [0.25, 0.3) is 0 Å². The van der Waals surface area contributed by atoms with Gasteiger partial charge in [0.2, 0.25) is 0 Å². The topological polar surface area (TPSA) is 105 Å². The summed E-state index contributed by atoms with van der Waals surface area (Å²) in [5, 5.41) is 19.6. The number of aliphatic hydroxyl groups is 1. The number of aromatic nitrogens is 2. The molecule has 3 aromatic rings. The molecule has 0 aliphatic heterocycles. The zero-order valence-corrected chi connectivity index (χ0v) is 16.2. The average Bonchev–Trinajstić information content (AvgIpc) is 3.13. The van der Waals surface area contributed by atoms with Gasteiger partial charge in [0.25, 0.3) is 0 Å². The molecule has 1 heterocycles. The number of nitrogens with one attached hydrogen (secondary N) is 2. The number of anilines is 2. The quantitative estimate of drug-likeness (QED) is 0.515. The molecular formula is C21H21FN4O4. The molecule has 2 aromatic carbocycles. The van der Waals surface area contributed by atoms with Crippen LogP contribution >= 0.6 is 0 Å². The number of ether oxygens (including phenoxy) is 1. The SMILES string of the molecule is CCOC(=O)c1cc(NC(=O)Nc2ccccc2F)n(CC(O)c2ccccc2)n1. The van der Waals surface area contributed by atoms with Crippen LogP contribution in [0.1, 0.15) is 29.1 Å². The predicted octanol–water partition coefficient (Wildman–Crippen LogP) is 3.58. The summed E-state index contributed by atoms with van der Waals surface area (Å²) < 4.78 is 20.0. The molecule has 1 atom stereocenters. The van der Waals surface area contributed by atoms with Gasteiger partial charge in [-0.15, -0.1) is 0 Å². The monoisotopic (exact) mass is 412 g/mol. The zero-order valence-electron chi connectivity index (χ0n) is 16.2. The first-order chi connectivity index (χ1) is 14.5. The van der Waals surface area contributed by atoms with Crippen molar-refractivity contribution in [2.75, 3.05) is 17.2 Å². The second-order valence-corrected chi connectivity index (χ2v) is 6.30. The highest BCUT2D eigenvalue weighted by atomic mass is 19.1. The summed E-state index contributed by atoms with van der Waals surface area (Å²) >= 11 is 0. The van der Waals surface area contributed by atoms with E-state index in [0.717, 1.165) is 0 Å². The fourth-order valence-electron chi connectivity index (χ4n) is 2.74. The highest BCUT2D eigenvalue weighted by Gasteiger charge is 2.20. The van der Waals surface area contributed by atoms with Crippen LogP contribution in [0.3, 0.4) is 0 Å². The molecule has 8 nitrogen and oxygen atoms in total. The summed E-state index contributed by atoms with van der Waals surface area (Å²) in [6.45, 7) is 1.79. The number of para-hydroxylation sites is 1. The van der Waals surface area contributed by atoms with Gasteiger partial charge in [0.05, 0.1) is 24.9 Å². The molecule has 3 N–H and O–H groups in total. The molecule has 0 saturated heterocycles. The van der Waals surface area contributed by atoms with Crippen molar-refractivity contribution in [2.24, 2.45) is 0 Å². The van der Waals surface area contributed by atoms with Crippen molar-refractivity contribution in [3.8, 4) is 0 Å². The van der Waals surface area contributed by atoms with Gasteiger partial charge < -0.3 is 15.2 Å². The molecule has 2 amide bonds. The number of benzene rings is 2. The molecule has 0 aliphatic carbocycles. The predicted molar refractivity (Wildman–Crippen MR) is 109 cm³/mol. The third-order valence-corrected chi connectivity index (χ3v) is 4.16. The molecule has 1 aromatic heterocycles. The van der Waals surface area contributed by atoms with E-state index in [-0.39, 0.29) is 30.4 Å². The summed E-state index contributed by atoms with van der Waals surface area (Å²) in [6.07, 6.45) is -0.934. The number of aliphatic hydroxyl groups excluding tert-OH is 1. The molecular weight excluding hydrogens is 391 g/mol. The largest absolute Gasteiger partial charge is 0.461 e. The normalized spacial score (nSPS) is 11.6. The van der Waals surface area contributed by atoms with E-state index in [1.54, 1.807) is 37.3 Å². The van der Waals surface area contributed by atoms with E-state index in [1.165, 1.54) is 28.9 Å². The van der Waals surface area contributed by atoms with Crippen molar-refractivity contribution < 1.29 is 23.8 Å². The third kappa shape index (κ3) is 5.21. The Hall–Kier alpha value is -3.72. The number of carbonyl (C=O) groups is 2. The molecule has 0 radical (unpaired) electrons. The molecule has 0 saturated carbocycles. The Kier molecular flexibility index (Phi) is 6.76. The molecule has 0 spiro atoms. The Bertz CT molecular complexity index is 1020. The molecule has 30 heavy (non-hydrogen) atoms. The number of carbonyl (C=O) groups excluding carboxylic acids is 2. The van der Waals surface area contributed by atoms with Crippen LogP contribution < -0.4 is 10.6 Å². The lowest BCUT2D eigenvalue weighted by atomic mass is 10.1. The van der Waals surface area contributed by atoms with Crippen LogP contribution in [0.2, 0.25) is 0 Å². The van der Waals surface area contributed by atoms with E-state index in [9.17, 15) is 19.1 Å². The van der Waals surface area contributed by atoms with Crippen molar-refractivity contribution in [1.82, 2.24) is 9.78 Å². The number of hydrogen-bond acceptors (Lipinski definition) is 5. The molecule has 1 unspecified atom stereocenters. The van der Waals surface area contributed by atoms with Gasteiger partial charge >= 0.3 is 12.0 Å². The summed E-state index contributed by atoms with van der Waals surface area (Å²) in [7, 11) is 0. The highest BCUT2D eigenvalue weighted by Crippen LogP contribution is 2.20. The molecule has 9 heteroatoms. The van der Waals surface area contributed by atoms with Crippen LogP contribution in [0.4, 0.5) is 20.7 Å². The maximum Gasteiger partial charge on any atom is 0.358 e. The van der Waals surface area contributed by atoms with Crippen LogP contribution in [0.15, 0.2) is 60.7 Å². The van der Waals surface area contributed by atoms with E-state index in [0.29, 0.717) is 5.56 Å². The summed E-state index contributed by atoms with van der Waals surface area (Å²) in [6, 6.07) is 15.2. The minimum Gasteiger partial charge on any atom is -0.461 e. The first-order valence-electron chi connectivity index (χ1n) is 9.28. The number of amides is 2. The second kappa shape index (κ2) is 9.66. The van der Waals surface area contributed by atoms with Gasteiger partial charge in [-0.25, -0.2) is 18.7 Å². The molecule has 0 bridgehead atoms. The average molecular weight is 412 g/mol. The van der Waals surface area contributed by atoms with Gasteiger partial charge in [-0.1, -0.05) is 42.5 Å². The van der Waals surface area contributed by atoms with Crippen LogP contribution in [0.5, 0.6) is 0 Å². The van der Waals surface area contributed by atoms with E-state index < -0.39 is 23.9 Å². The molecule has 0 aliphatic rings. The summed E-state index contributed by atoms with van der Waals surface area (Å²) in [4.78, 5) is 24.4. The van der Waals surface area contributed by atoms with E-state index in [1.807, 2.05) is 6.07 Å². The van der Waals surface area contributed by atoms with Gasteiger partial charge in [0, 0.05) is 6.07 Å². The van der Waals surface area contributed by atoms with Gasteiger partial charge in [-0.2, -0.15) is 5.10 Å². The van der Waals surface area contributed by atoms with Crippen molar-refractivity contribution in [3.05, 3.63) is 77.7 Å². The fraction of sp³-hybridized carbons (Fsp3) is 0.190. The van der Waals surface area contributed by atoms with Gasteiger partial charge in [0.15, 0.2) is 5.69 Å². The molecule has 3 rings (SSSR count). The number of rotatable bonds is 7. The lowest BCUT2D eigenvalue weighted by Crippen LogP contribution is -2.23. The van der Waals surface area contributed by atoms with Crippen molar-refractivity contribution in [1.29, 1.82) is 0 Å². The van der Waals surface area contributed by atoms with E-state index in [4.69, 9.17) is 4.74 Å². The Morgan fingerprint density at radius 1 is 1.13 bits per heavy atom. The zero-order chi connectivity index (χ0) is 21.5. The minimum absolute atomic E-state index is 0.00370. The first-order valence-corrected chi connectivity index (χ1v) is 9.28.